The number of carbonyl (C=O) groups is 1. The Hall–Kier alpha value is -0.660. The molecule has 0 aromatic carbocycles. The number of rotatable bonds is 4. The zero-order valence-corrected chi connectivity index (χ0v) is 6.28. The third-order valence-electron chi connectivity index (χ3n) is 1.03. The van der Waals surface area contributed by atoms with E-state index in [0.717, 1.165) is 0 Å². The van der Waals surface area contributed by atoms with Crippen molar-refractivity contribution in [2.75, 3.05) is 6.61 Å². The monoisotopic (exact) mass is 184 g/mol. The molecule has 0 heterocycles. The number of aliphatic carboxylic acids is 1. The molecule has 11 heavy (non-hydrogen) atoms. The van der Waals surface area contributed by atoms with E-state index in [2.05, 4.69) is 0 Å². The van der Waals surface area contributed by atoms with Gasteiger partial charge in [0.15, 0.2) is 5.25 Å². The zero-order chi connectivity index (χ0) is 9.07. The summed E-state index contributed by atoms with van der Waals surface area (Å²) in [7, 11) is -4.59. The fourth-order valence-electron chi connectivity index (χ4n) is 0.517. The predicted octanol–water partition coefficient (Wildman–Crippen LogP) is -1.29. The second-order valence-corrected chi connectivity index (χ2v) is 3.45. The summed E-state index contributed by atoms with van der Waals surface area (Å²) in [6.45, 7) is -0.600. The maximum absolute atomic E-state index is 10.2. The standard InChI is InChI=1S/C4H8O6S/c5-2-1-3(4(6)7)11(8,9)10/h3,5H,1-2H2,(H,6,7)(H,8,9,10). The fraction of sp³-hybridized carbons (Fsp3) is 0.750. The van der Waals surface area contributed by atoms with Crippen LogP contribution in [0.2, 0.25) is 0 Å². The van der Waals surface area contributed by atoms with Crippen LogP contribution in [0.15, 0.2) is 0 Å². The van der Waals surface area contributed by atoms with Crippen LogP contribution in [-0.2, 0) is 14.9 Å². The highest BCUT2D eigenvalue weighted by atomic mass is 32.2. The third kappa shape index (κ3) is 3.30. The van der Waals surface area contributed by atoms with Crippen LogP contribution in [0.4, 0.5) is 0 Å². The zero-order valence-electron chi connectivity index (χ0n) is 5.47. The van der Waals surface area contributed by atoms with E-state index in [-0.39, 0.29) is 0 Å². The van der Waals surface area contributed by atoms with Gasteiger partial charge in [0.05, 0.1) is 0 Å². The topological polar surface area (TPSA) is 112 Å². The molecule has 0 amide bonds. The lowest BCUT2D eigenvalue weighted by atomic mass is 10.3. The Morgan fingerprint density at radius 2 is 1.91 bits per heavy atom. The first-order valence-electron chi connectivity index (χ1n) is 2.69. The average Bonchev–Trinajstić information content (AvgIpc) is 1.79. The van der Waals surface area contributed by atoms with Crippen molar-refractivity contribution >= 4 is 16.1 Å². The molecule has 3 N–H and O–H groups in total. The van der Waals surface area contributed by atoms with Crippen molar-refractivity contribution in [2.45, 2.75) is 11.7 Å². The minimum Gasteiger partial charge on any atom is -0.480 e. The van der Waals surface area contributed by atoms with Crippen molar-refractivity contribution in [2.24, 2.45) is 0 Å². The van der Waals surface area contributed by atoms with Crippen LogP contribution in [0.25, 0.3) is 0 Å². The van der Waals surface area contributed by atoms with Gasteiger partial charge in [-0.05, 0) is 0 Å². The molecule has 0 spiro atoms. The molecule has 0 bridgehead atoms. The maximum Gasteiger partial charge on any atom is 0.324 e. The second-order valence-electron chi connectivity index (χ2n) is 1.85. The Kier molecular flexibility index (Phi) is 3.43. The molecule has 0 rings (SSSR count). The van der Waals surface area contributed by atoms with Gasteiger partial charge in [-0.2, -0.15) is 8.42 Å². The predicted molar refractivity (Wildman–Crippen MR) is 34.7 cm³/mol. The van der Waals surface area contributed by atoms with Gasteiger partial charge in [-0.3, -0.25) is 9.35 Å². The number of hydrogen-bond acceptors (Lipinski definition) is 4. The van der Waals surface area contributed by atoms with Gasteiger partial charge in [-0.25, -0.2) is 0 Å². The van der Waals surface area contributed by atoms with E-state index in [0.29, 0.717) is 0 Å². The molecule has 0 aliphatic heterocycles. The van der Waals surface area contributed by atoms with Crippen LogP contribution in [0.1, 0.15) is 6.42 Å². The minimum absolute atomic E-state index is 0.506. The molecule has 7 heteroatoms. The summed E-state index contributed by atoms with van der Waals surface area (Å²) in [5, 5.41) is 14.5. The summed E-state index contributed by atoms with van der Waals surface area (Å²) in [5.41, 5.74) is 0. The summed E-state index contributed by atoms with van der Waals surface area (Å²) in [5.74, 6) is -1.67. The quantitative estimate of drug-likeness (QED) is 0.468. The third-order valence-corrected chi connectivity index (χ3v) is 2.18. The van der Waals surface area contributed by atoms with Crippen LogP contribution in [0.5, 0.6) is 0 Å². The van der Waals surface area contributed by atoms with Gasteiger partial charge in [-0.1, -0.05) is 0 Å². The average molecular weight is 184 g/mol. The molecular formula is C4H8O6S. The lowest BCUT2D eigenvalue weighted by Gasteiger charge is -2.05. The van der Waals surface area contributed by atoms with E-state index >= 15 is 0 Å². The summed E-state index contributed by atoms with van der Waals surface area (Å²) >= 11 is 0. The number of aliphatic hydroxyl groups is 1. The highest BCUT2D eigenvalue weighted by Crippen LogP contribution is 2.03. The largest absolute Gasteiger partial charge is 0.480 e. The van der Waals surface area contributed by atoms with Gasteiger partial charge in [0.1, 0.15) is 0 Å². The molecular weight excluding hydrogens is 176 g/mol. The Bertz CT molecular complexity index is 229. The highest BCUT2D eigenvalue weighted by molar-refractivity contribution is 7.87. The molecule has 0 saturated heterocycles. The molecule has 66 valence electrons. The van der Waals surface area contributed by atoms with E-state index < -0.39 is 34.4 Å². The number of carboxylic acids is 1. The van der Waals surface area contributed by atoms with E-state index in [9.17, 15) is 13.2 Å². The van der Waals surface area contributed by atoms with Gasteiger partial charge in [-0.15, -0.1) is 0 Å². The molecule has 0 aromatic heterocycles. The normalized spacial score (nSPS) is 14.4. The summed E-state index contributed by atoms with van der Waals surface area (Å²) in [6, 6.07) is 0. The number of aliphatic hydroxyl groups excluding tert-OH is 1. The van der Waals surface area contributed by atoms with Crippen LogP contribution >= 0.6 is 0 Å². The minimum atomic E-state index is -4.59. The van der Waals surface area contributed by atoms with Crippen molar-refractivity contribution < 1.29 is 28.0 Å². The Balaban J connectivity index is 4.49. The Morgan fingerprint density at radius 3 is 2.00 bits per heavy atom. The number of hydrogen-bond donors (Lipinski definition) is 3. The van der Waals surface area contributed by atoms with Gasteiger partial charge in [0.2, 0.25) is 0 Å². The molecule has 0 fully saturated rings. The first kappa shape index (κ1) is 10.3. The van der Waals surface area contributed by atoms with Crippen molar-refractivity contribution in [1.29, 1.82) is 0 Å². The van der Waals surface area contributed by atoms with Crippen molar-refractivity contribution in [1.82, 2.24) is 0 Å². The molecule has 1 unspecified atom stereocenters. The Labute approximate surface area is 63.2 Å². The van der Waals surface area contributed by atoms with Crippen LogP contribution in [0, 0.1) is 0 Å². The van der Waals surface area contributed by atoms with Crippen molar-refractivity contribution in [3.63, 3.8) is 0 Å². The summed E-state index contributed by atoms with van der Waals surface area (Å²) in [4.78, 5) is 10.1. The summed E-state index contributed by atoms with van der Waals surface area (Å²) < 4.78 is 28.7. The molecule has 0 radical (unpaired) electrons. The van der Waals surface area contributed by atoms with E-state index in [1.54, 1.807) is 0 Å². The van der Waals surface area contributed by atoms with Gasteiger partial charge >= 0.3 is 5.97 Å². The second kappa shape index (κ2) is 3.65. The van der Waals surface area contributed by atoms with Crippen molar-refractivity contribution in [3.8, 4) is 0 Å². The molecule has 0 aliphatic rings. The molecule has 0 aliphatic carbocycles. The number of carboxylic acid groups (broad SMARTS) is 1. The van der Waals surface area contributed by atoms with Gasteiger partial charge < -0.3 is 10.2 Å². The van der Waals surface area contributed by atoms with Gasteiger partial charge in [0.25, 0.3) is 10.1 Å². The smallest absolute Gasteiger partial charge is 0.324 e. The van der Waals surface area contributed by atoms with Crippen molar-refractivity contribution in [3.05, 3.63) is 0 Å². The van der Waals surface area contributed by atoms with Crippen LogP contribution < -0.4 is 0 Å². The molecule has 1 atom stereocenters. The Morgan fingerprint density at radius 1 is 1.45 bits per heavy atom. The molecule has 0 aromatic rings. The first-order valence-corrected chi connectivity index (χ1v) is 4.20. The highest BCUT2D eigenvalue weighted by Gasteiger charge is 2.29. The van der Waals surface area contributed by atoms with E-state index in [4.69, 9.17) is 14.8 Å². The SMILES string of the molecule is O=C(O)C(CCO)S(=O)(=O)O. The van der Waals surface area contributed by atoms with Crippen LogP contribution in [-0.4, -0.2) is 41.0 Å². The van der Waals surface area contributed by atoms with Gasteiger partial charge in [0, 0.05) is 13.0 Å². The van der Waals surface area contributed by atoms with E-state index in [1.807, 2.05) is 0 Å². The van der Waals surface area contributed by atoms with Crippen LogP contribution in [0.3, 0.4) is 0 Å². The lowest BCUT2D eigenvalue weighted by molar-refractivity contribution is -0.136. The molecule has 0 saturated carbocycles. The lowest BCUT2D eigenvalue weighted by Crippen LogP contribution is -2.30. The first-order chi connectivity index (χ1) is 4.89. The summed E-state index contributed by atoms with van der Waals surface area (Å²) in [6.07, 6.45) is -0.506. The van der Waals surface area contributed by atoms with E-state index in [1.165, 1.54) is 0 Å². The fourth-order valence-corrected chi connectivity index (χ4v) is 1.18. The maximum atomic E-state index is 10.2. The molecule has 6 nitrogen and oxygen atoms in total.